The second-order valence-corrected chi connectivity index (χ2v) is 15.3. The fourth-order valence-corrected chi connectivity index (χ4v) is 10.4. The smallest absolute Gasteiger partial charge is 0.438 e. The van der Waals surface area contributed by atoms with Crippen LogP contribution in [0.25, 0.3) is 0 Å². The van der Waals surface area contributed by atoms with Crippen LogP contribution in [0.3, 0.4) is 0 Å². The van der Waals surface area contributed by atoms with Gasteiger partial charge in [-0.05, 0) is 54.9 Å². The maximum Gasteiger partial charge on any atom is 0.438 e. The Hall–Kier alpha value is -3.66. The molecule has 0 spiro atoms. The van der Waals surface area contributed by atoms with Crippen LogP contribution in [0.1, 0.15) is 60.8 Å². The molecular formula is C33H30F6NO8S-. The number of esters is 2. The Morgan fingerprint density at radius 3 is 1.90 bits per heavy atom. The van der Waals surface area contributed by atoms with Crippen LogP contribution in [0, 0.1) is 29.6 Å². The SMILES string of the molecule is CC(C)N1C(=O)C2C3CC(C(OC(=O)C4CC5c6ccccc6C4c4ccccc45)C31)C2C(=O)OC(CS(=O)(=O)[O-])(C(F)(F)F)C(F)(F)F. The van der Waals surface area contributed by atoms with Gasteiger partial charge in [0.2, 0.25) is 5.91 Å². The zero-order valence-electron chi connectivity index (χ0n) is 25.9. The summed E-state index contributed by atoms with van der Waals surface area (Å²) in [6.07, 6.45) is -14.1. The van der Waals surface area contributed by atoms with E-state index in [-0.39, 0.29) is 12.3 Å². The summed E-state index contributed by atoms with van der Waals surface area (Å²) in [5, 5.41) is 0. The van der Waals surface area contributed by atoms with Crippen molar-refractivity contribution < 1.29 is 63.2 Å². The number of fused-ring (bicyclic) bond motifs is 2. The number of amides is 1. The van der Waals surface area contributed by atoms with E-state index in [1.807, 2.05) is 48.5 Å². The minimum Gasteiger partial charge on any atom is -0.748 e. The summed E-state index contributed by atoms with van der Waals surface area (Å²) < 4.78 is 129. The lowest BCUT2D eigenvalue weighted by Crippen LogP contribution is -2.64. The lowest BCUT2D eigenvalue weighted by Gasteiger charge is -2.45. The molecule has 2 saturated carbocycles. The van der Waals surface area contributed by atoms with E-state index < -0.39 is 105 Å². The van der Waals surface area contributed by atoms with Gasteiger partial charge in [-0.15, -0.1) is 0 Å². The third-order valence-electron chi connectivity index (χ3n) is 11.2. The van der Waals surface area contributed by atoms with Crippen LogP contribution in [-0.4, -0.2) is 77.6 Å². The molecule has 1 heterocycles. The third-order valence-corrected chi connectivity index (χ3v) is 11.9. The summed E-state index contributed by atoms with van der Waals surface area (Å²) in [7, 11) is -6.27. The average Bonchev–Trinajstić information content (AvgIpc) is 3.62. The number of ether oxygens (including phenoxy) is 2. The Bertz CT molecular complexity index is 1780. The molecule has 8 rings (SSSR count). The lowest BCUT2D eigenvalue weighted by atomic mass is 9.59. The zero-order chi connectivity index (χ0) is 35.6. The Morgan fingerprint density at radius 2 is 1.41 bits per heavy atom. The molecule has 7 unspecified atom stereocenters. The number of likely N-dealkylation sites (tertiary alicyclic amines) is 1. The standard InChI is InChI=1S/C33H31F6NO8S/c1-14(2)40-26-20-12-21(25(24(20)28(40)41)30(43)48-31(32(34,35)36,33(37,38)39)13-49(44,45)46)27(26)47-29(42)22-11-19-15-7-3-5-9-17(15)23(22)18-10-6-4-8-16(18)19/h3-10,14,19-27H,11-13H2,1-2H3,(H,44,45,46)/p-1. The second kappa shape index (κ2) is 10.9. The van der Waals surface area contributed by atoms with Crippen molar-refractivity contribution in [3.63, 3.8) is 0 Å². The first kappa shape index (κ1) is 33.8. The first-order valence-corrected chi connectivity index (χ1v) is 17.4. The van der Waals surface area contributed by atoms with Crippen molar-refractivity contribution in [1.29, 1.82) is 0 Å². The number of nitrogens with zero attached hydrogens (tertiary/aromatic N) is 1. The van der Waals surface area contributed by atoms with Crippen LogP contribution in [0.2, 0.25) is 0 Å². The fraction of sp³-hybridized carbons (Fsp3) is 0.545. The van der Waals surface area contributed by atoms with Crippen molar-refractivity contribution in [3.05, 3.63) is 70.8 Å². The van der Waals surface area contributed by atoms with Crippen LogP contribution < -0.4 is 0 Å². The molecule has 1 amide bonds. The maximum atomic E-state index is 14.2. The number of hydrogen-bond donors (Lipinski definition) is 0. The Balaban J connectivity index is 1.23. The first-order valence-electron chi connectivity index (χ1n) is 15.8. The molecule has 6 aliphatic rings. The molecule has 3 fully saturated rings. The van der Waals surface area contributed by atoms with E-state index in [0.29, 0.717) is 6.42 Å². The van der Waals surface area contributed by atoms with Crippen LogP contribution in [-0.2, 0) is 34.0 Å². The number of halogens is 6. The summed E-state index contributed by atoms with van der Waals surface area (Å²) in [5.41, 5.74) is -1.71. The van der Waals surface area contributed by atoms with Crippen molar-refractivity contribution >= 4 is 28.0 Å². The monoisotopic (exact) mass is 714 g/mol. The van der Waals surface area contributed by atoms with Gasteiger partial charge in [0.25, 0.3) is 0 Å². The minimum absolute atomic E-state index is 0.0463. The Labute approximate surface area is 276 Å². The van der Waals surface area contributed by atoms with Gasteiger partial charge in [0.15, 0.2) is 0 Å². The third kappa shape index (κ3) is 4.90. The van der Waals surface area contributed by atoms with Crippen LogP contribution in [0.4, 0.5) is 26.3 Å². The minimum atomic E-state index is -6.57. The summed E-state index contributed by atoms with van der Waals surface area (Å²) in [6.45, 7) is 3.27. The number of rotatable bonds is 7. The van der Waals surface area contributed by atoms with Crippen LogP contribution >= 0.6 is 0 Å². The van der Waals surface area contributed by atoms with Crippen molar-refractivity contribution in [3.8, 4) is 0 Å². The van der Waals surface area contributed by atoms with Crippen LogP contribution in [0.15, 0.2) is 48.5 Å². The van der Waals surface area contributed by atoms with Gasteiger partial charge in [0.1, 0.15) is 6.10 Å². The van der Waals surface area contributed by atoms with Gasteiger partial charge < -0.3 is 18.9 Å². The highest BCUT2D eigenvalue weighted by atomic mass is 32.2. The fourth-order valence-electron chi connectivity index (χ4n) is 9.47. The zero-order valence-corrected chi connectivity index (χ0v) is 26.7. The first-order chi connectivity index (χ1) is 22.8. The average molecular weight is 715 g/mol. The molecule has 0 radical (unpaired) electrons. The van der Waals surface area contributed by atoms with Crippen LogP contribution in [0.5, 0.6) is 0 Å². The molecule has 7 atom stereocenters. The molecule has 264 valence electrons. The highest BCUT2D eigenvalue weighted by Gasteiger charge is 2.77. The predicted octanol–water partition coefficient (Wildman–Crippen LogP) is 4.65. The van der Waals surface area contributed by atoms with Crippen molar-refractivity contribution in [2.75, 3.05) is 5.75 Å². The van der Waals surface area contributed by atoms with Gasteiger partial charge in [-0.25, -0.2) is 8.42 Å². The molecule has 2 aromatic rings. The molecule has 0 N–H and O–H groups in total. The molecule has 5 aliphatic carbocycles. The van der Waals surface area contributed by atoms with E-state index in [2.05, 4.69) is 4.74 Å². The number of carbonyl (C=O) groups is 3. The summed E-state index contributed by atoms with van der Waals surface area (Å²) in [4.78, 5) is 42.7. The quantitative estimate of drug-likeness (QED) is 0.230. The predicted molar refractivity (Wildman–Crippen MR) is 154 cm³/mol. The van der Waals surface area contributed by atoms with Gasteiger partial charge in [0.05, 0.1) is 39.7 Å². The molecule has 1 aliphatic heterocycles. The van der Waals surface area contributed by atoms with E-state index >= 15 is 0 Å². The van der Waals surface area contributed by atoms with E-state index in [4.69, 9.17) is 4.74 Å². The van der Waals surface area contributed by atoms with E-state index in [9.17, 15) is 53.7 Å². The molecule has 2 aromatic carbocycles. The van der Waals surface area contributed by atoms with E-state index in [0.717, 1.165) is 22.3 Å². The van der Waals surface area contributed by atoms with E-state index in [1.54, 1.807) is 13.8 Å². The molecule has 1 saturated heterocycles. The maximum absolute atomic E-state index is 14.2. The normalized spacial score (nSPS) is 31.6. The molecule has 49 heavy (non-hydrogen) atoms. The van der Waals surface area contributed by atoms with Gasteiger partial charge in [-0.1, -0.05) is 48.5 Å². The summed E-state index contributed by atoms with van der Waals surface area (Å²) >= 11 is 0. The van der Waals surface area contributed by atoms with Gasteiger partial charge in [-0.3, -0.25) is 14.4 Å². The molecule has 16 heteroatoms. The second-order valence-electron chi connectivity index (χ2n) is 13.9. The number of carbonyl (C=O) groups excluding carboxylic acids is 3. The van der Waals surface area contributed by atoms with Gasteiger partial charge in [0, 0.05) is 23.8 Å². The lowest BCUT2D eigenvalue weighted by molar-refractivity contribution is -0.362. The van der Waals surface area contributed by atoms with Gasteiger partial charge >= 0.3 is 29.9 Å². The molecular weight excluding hydrogens is 684 g/mol. The van der Waals surface area contributed by atoms with E-state index in [1.165, 1.54) is 4.90 Å². The summed E-state index contributed by atoms with van der Waals surface area (Å²) in [6, 6.07) is 14.0. The highest BCUT2D eigenvalue weighted by Crippen LogP contribution is 2.62. The highest BCUT2D eigenvalue weighted by molar-refractivity contribution is 7.85. The van der Waals surface area contributed by atoms with Crippen molar-refractivity contribution in [2.45, 2.75) is 74.7 Å². The number of hydrogen-bond acceptors (Lipinski definition) is 8. The number of alkyl halides is 6. The topological polar surface area (TPSA) is 130 Å². The van der Waals surface area contributed by atoms with Gasteiger partial charge in [-0.2, -0.15) is 26.3 Å². The molecule has 4 bridgehead atoms. The largest absolute Gasteiger partial charge is 0.748 e. The molecule has 0 aromatic heterocycles. The Morgan fingerprint density at radius 1 is 0.878 bits per heavy atom. The summed E-state index contributed by atoms with van der Waals surface area (Å²) in [5.74, 6) is -13.3. The number of benzene rings is 2. The molecule has 9 nitrogen and oxygen atoms in total. The van der Waals surface area contributed by atoms with Crippen molar-refractivity contribution in [2.24, 2.45) is 29.6 Å². The Kier molecular flexibility index (Phi) is 7.54. The van der Waals surface area contributed by atoms with Crippen molar-refractivity contribution in [1.82, 2.24) is 4.90 Å².